The SMILES string of the molecule is CCn1nc(C)nc1-c1cccc([C@@H](C)N2CCCC2)c1. The standard InChI is InChI=1S/C17H24N4/c1-4-21-17(18-14(3)19-21)16-9-7-8-15(12-16)13(2)20-10-5-6-11-20/h7-9,12-13H,4-6,10-11H2,1-3H3/t13-/m1/s1. The minimum absolute atomic E-state index is 0.478. The first-order chi connectivity index (χ1) is 10.2. The van der Waals surface area contributed by atoms with E-state index in [9.17, 15) is 0 Å². The van der Waals surface area contributed by atoms with Crippen molar-refractivity contribution in [3.05, 3.63) is 35.7 Å². The molecular weight excluding hydrogens is 260 g/mol. The Labute approximate surface area is 126 Å². The van der Waals surface area contributed by atoms with Crippen LogP contribution in [0.1, 0.15) is 44.1 Å². The van der Waals surface area contributed by atoms with Crippen LogP contribution in [0.25, 0.3) is 11.4 Å². The number of rotatable bonds is 4. The molecule has 0 spiro atoms. The molecule has 1 aliphatic heterocycles. The molecule has 1 saturated heterocycles. The number of nitrogens with zero attached hydrogens (tertiary/aromatic N) is 4. The zero-order valence-corrected chi connectivity index (χ0v) is 13.2. The lowest BCUT2D eigenvalue weighted by Gasteiger charge is -2.24. The summed E-state index contributed by atoms with van der Waals surface area (Å²) in [6.07, 6.45) is 2.65. The van der Waals surface area contributed by atoms with Gasteiger partial charge < -0.3 is 0 Å². The molecule has 4 heteroatoms. The van der Waals surface area contributed by atoms with Gasteiger partial charge in [-0.15, -0.1) is 0 Å². The summed E-state index contributed by atoms with van der Waals surface area (Å²) in [4.78, 5) is 7.15. The molecule has 2 heterocycles. The number of likely N-dealkylation sites (tertiary alicyclic amines) is 1. The van der Waals surface area contributed by atoms with E-state index in [1.54, 1.807) is 0 Å². The highest BCUT2D eigenvalue weighted by atomic mass is 15.3. The molecule has 0 amide bonds. The Hall–Kier alpha value is -1.68. The van der Waals surface area contributed by atoms with Gasteiger partial charge in [-0.25, -0.2) is 9.67 Å². The van der Waals surface area contributed by atoms with Gasteiger partial charge >= 0.3 is 0 Å². The third kappa shape index (κ3) is 2.86. The molecule has 112 valence electrons. The summed E-state index contributed by atoms with van der Waals surface area (Å²) in [5.41, 5.74) is 2.54. The lowest BCUT2D eigenvalue weighted by atomic mass is 10.0. The first-order valence-corrected chi connectivity index (χ1v) is 7.95. The van der Waals surface area contributed by atoms with Gasteiger partial charge in [0.25, 0.3) is 0 Å². The molecule has 0 saturated carbocycles. The van der Waals surface area contributed by atoms with Crippen LogP contribution >= 0.6 is 0 Å². The second kappa shape index (κ2) is 5.98. The van der Waals surface area contributed by atoms with Crippen molar-refractivity contribution in [1.29, 1.82) is 0 Å². The maximum atomic E-state index is 4.59. The third-order valence-electron chi connectivity index (χ3n) is 4.39. The molecule has 0 bridgehead atoms. The Kier molecular flexibility index (Phi) is 4.06. The molecule has 2 aromatic rings. The first-order valence-electron chi connectivity index (χ1n) is 7.95. The van der Waals surface area contributed by atoms with E-state index in [0.29, 0.717) is 6.04 Å². The third-order valence-corrected chi connectivity index (χ3v) is 4.39. The van der Waals surface area contributed by atoms with E-state index in [1.807, 2.05) is 11.6 Å². The smallest absolute Gasteiger partial charge is 0.158 e. The van der Waals surface area contributed by atoms with Crippen molar-refractivity contribution < 1.29 is 0 Å². The van der Waals surface area contributed by atoms with Gasteiger partial charge in [-0.05, 0) is 58.3 Å². The molecule has 21 heavy (non-hydrogen) atoms. The summed E-state index contributed by atoms with van der Waals surface area (Å²) in [6, 6.07) is 9.26. The minimum Gasteiger partial charge on any atom is -0.297 e. The van der Waals surface area contributed by atoms with Gasteiger partial charge in [0.15, 0.2) is 5.82 Å². The molecule has 4 nitrogen and oxygen atoms in total. The summed E-state index contributed by atoms with van der Waals surface area (Å²) in [7, 11) is 0. The highest BCUT2D eigenvalue weighted by Gasteiger charge is 2.20. The van der Waals surface area contributed by atoms with Crippen molar-refractivity contribution in [2.75, 3.05) is 13.1 Å². The molecule has 1 aromatic carbocycles. The van der Waals surface area contributed by atoms with Crippen molar-refractivity contribution >= 4 is 0 Å². The fraction of sp³-hybridized carbons (Fsp3) is 0.529. The highest BCUT2D eigenvalue weighted by Crippen LogP contribution is 2.27. The van der Waals surface area contributed by atoms with Crippen molar-refractivity contribution in [3.8, 4) is 11.4 Å². The monoisotopic (exact) mass is 284 g/mol. The van der Waals surface area contributed by atoms with Crippen molar-refractivity contribution in [3.63, 3.8) is 0 Å². The lowest BCUT2D eigenvalue weighted by molar-refractivity contribution is 0.263. The van der Waals surface area contributed by atoms with Gasteiger partial charge in [0.05, 0.1) is 0 Å². The average Bonchev–Trinajstić information content (AvgIpc) is 3.15. The van der Waals surface area contributed by atoms with E-state index < -0.39 is 0 Å². The van der Waals surface area contributed by atoms with Crippen LogP contribution in [0, 0.1) is 6.92 Å². The van der Waals surface area contributed by atoms with E-state index in [-0.39, 0.29) is 0 Å². The van der Waals surface area contributed by atoms with Crippen LogP contribution < -0.4 is 0 Å². The van der Waals surface area contributed by atoms with Crippen LogP contribution in [-0.4, -0.2) is 32.8 Å². The van der Waals surface area contributed by atoms with Crippen molar-refractivity contribution in [1.82, 2.24) is 19.7 Å². The Balaban J connectivity index is 1.92. The molecule has 1 atom stereocenters. The van der Waals surface area contributed by atoms with E-state index in [1.165, 1.54) is 37.1 Å². The van der Waals surface area contributed by atoms with E-state index in [2.05, 4.69) is 53.1 Å². The van der Waals surface area contributed by atoms with Gasteiger partial charge in [-0.1, -0.05) is 18.2 Å². The van der Waals surface area contributed by atoms with Crippen LogP contribution in [0.3, 0.4) is 0 Å². The van der Waals surface area contributed by atoms with Crippen molar-refractivity contribution in [2.45, 2.75) is 46.2 Å². The zero-order chi connectivity index (χ0) is 14.8. The maximum absolute atomic E-state index is 4.59. The fourth-order valence-electron chi connectivity index (χ4n) is 3.17. The molecule has 0 unspecified atom stereocenters. The molecule has 3 rings (SSSR count). The Morgan fingerprint density at radius 3 is 2.71 bits per heavy atom. The first kappa shape index (κ1) is 14.3. The number of aromatic nitrogens is 3. The zero-order valence-electron chi connectivity index (χ0n) is 13.2. The van der Waals surface area contributed by atoms with Crippen LogP contribution in [-0.2, 0) is 6.54 Å². The second-order valence-electron chi connectivity index (χ2n) is 5.84. The van der Waals surface area contributed by atoms with Crippen LogP contribution in [0.2, 0.25) is 0 Å². The predicted octanol–water partition coefficient (Wildman–Crippen LogP) is 3.43. The largest absolute Gasteiger partial charge is 0.297 e. The van der Waals surface area contributed by atoms with Crippen LogP contribution in [0.4, 0.5) is 0 Å². The van der Waals surface area contributed by atoms with E-state index >= 15 is 0 Å². The van der Waals surface area contributed by atoms with Gasteiger partial charge in [0.2, 0.25) is 0 Å². The van der Waals surface area contributed by atoms with Gasteiger partial charge in [0, 0.05) is 18.2 Å². The van der Waals surface area contributed by atoms with Crippen molar-refractivity contribution in [2.24, 2.45) is 0 Å². The second-order valence-corrected chi connectivity index (χ2v) is 5.84. The number of hydrogen-bond acceptors (Lipinski definition) is 3. The number of benzene rings is 1. The molecule has 0 N–H and O–H groups in total. The summed E-state index contributed by atoms with van der Waals surface area (Å²) < 4.78 is 1.98. The van der Waals surface area contributed by atoms with Crippen LogP contribution in [0.15, 0.2) is 24.3 Å². The molecule has 1 fully saturated rings. The topological polar surface area (TPSA) is 34.0 Å². The summed E-state index contributed by atoms with van der Waals surface area (Å²) in [5, 5.41) is 4.45. The number of aryl methyl sites for hydroxylation is 2. The highest BCUT2D eigenvalue weighted by molar-refractivity contribution is 5.56. The molecular formula is C17H24N4. The summed E-state index contributed by atoms with van der Waals surface area (Å²) in [5.74, 6) is 1.82. The predicted molar refractivity (Wildman–Crippen MR) is 85.1 cm³/mol. The van der Waals surface area contributed by atoms with Gasteiger partial charge in [0.1, 0.15) is 5.82 Å². The molecule has 1 aliphatic rings. The maximum Gasteiger partial charge on any atom is 0.158 e. The fourth-order valence-corrected chi connectivity index (χ4v) is 3.17. The Morgan fingerprint density at radius 2 is 2.00 bits per heavy atom. The number of hydrogen-bond donors (Lipinski definition) is 0. The summed E-state index contributed by atoms with van der Waals surface area (Å²) >= 11 is 0. The Morgan fingerprint density at radius 1 is 1.24 bits per heavy atom. The molecule has 0 aliphatic carbocycles. The average molecular weight is 284 g/mol. The normalized spacial score (nSPS) is 17.3. The van der Waals surface area contributed by atoms with Crippen LogP contribution in [0.5, 0.6) is 0 Å². The van der Waals surface area contributed by atoms with E-state index in [0.717, 1.165) is 18.2 Å². The summed E-state index contributed by atoms with van der Waals surface area (Å²) in [6.45, 7) is 9.65. The molecule has 1 aromatic heterocycles. The Bertz CT molecular complexity index is 611. The minimum atomic E-state index is 0.478. The van der Waals surface area contributed by atoms with Gasteiger partial charge in [-0.3, -0.25) is 4.90 Å². The van der Waals surface area contributed by atoms with E-state index in [4.69, 9.17) is 0 Å². The quantitative estimate of drug-likeness (QED) is 0.862. The lowest BCUT2D eigenvalue weighted by Crippen LogP contribution is -2.23. The molecule has 0 radical (unpaired) electrons. The van der Waals surface area contributed by atoms with Gasteiger partial charge in [-0.2, -0.15) is 5.10 Å².